The summed E-state index contributed by atoms with van der Waals surface area (Å²) in [6.45, 7) is 7.14. The smallest absolute Gasteiger partial charge is 0.307 e. The summed E-state index contributed by atoms with van der Waals surface area (Å²) in [6.07, 6.45) is 0.265. The molecule has 0 aliphatic carbocycles. The predicted molar refractivity (Wildman–Crippen MR) is 95.2 cm³/mol. The topological polar surface area (TPSA) is 43.4 Å². The van der Waals surface area contributed by atoms with E-state index in [4.69, 9.17) is 4.74 Å². The molecular formula is C21H24O3. The van der Waals surface area contributed by atoms with E-state index in [2.05, 4.69) is 0 Å². The lowest BCUT2D eigenvalue weighted by Gasteiger charge is -2.23. The fourth-order valence-electron chi connectivity index (χ4n) is 2.61. The second-order valence-electron chi connectivity index (χ2n) is 6.93. The van der Waals surface area contributed by atoms with Gasteiger partial charge in [-0.1, -0.05) is 54.6 Å². The molecule has 0 radical (unpaired) electrons. The van der Waals surface area contributed by atoms with Crippen LogP contribution in [0.1, 0.15) is 61.5 Å². The fourth-order valence-corrected chi connectivity index (χ4v) is 2.61. The van der Waals surface area contributed by atoms with Crippen LogP contribution in [0.5, 0.6) is 0 Å². The van der Waals surface area contributed by atoms with Crippen LogP contribution in [0.3, 0.4) is 0 Å². The maximum atomic E-state index is 12.3. The molecule has 2 aromatic carbocycles. The summed E-state index contributed by atoms with van der Waals surface area (Å²) in [4.78, 5) is 23.8. The molecule has 0 bridgehead atoms. The molecule has 24 heavy (non-hydrogen) atoms. The molecule has 0 fully saturated rings. The van der Waals surface area contributed by atoms with Gasteiger partial charge in [0.05, 0.1) is 6.42 Å². The summed E-state index contributed by atoms with van der Waals surface area (Å²) >= 11 is 0. The number of rotatable bonds is 5. The van der Waals surface area contributed by atoms with E-state index in [0.29, 0.717) is 5.56 Å². The summed E-state index contributed by atoms with van der Waals surface area (Å²) in [6, 6.07) is 17.3. The number of carbonyl (C=O) groups is 2. The van der Waals surface area contributed by atoms with Gasteiger partial charge in [-0.05, 0) is 38.8 Å². The molecule has 0 saturated carbocycles. The van der Waals surface area contributed by atoms with E-state index < -0.39 is 5.60 Å². The van der Waals surface area contributed by atoms with Gasteiger partial charge in [0.15, 0.2) is 5.78 Å². The average molecular weight is 324 g/mol. The third-order valence-corrected chi connectivity index (χ3v) is 3.71. The van der Waals surface area contributed by atoms with Crippen LogP contribution in [0.2, 0.25) is 0 Å². The van der Waals surface area contributed by atoms with Crippen molar-refractivity contribution in [3.05, 3.63) is 71.3 Å². The van der Waals surface area contributed by atoms with Gasteiger partial charge in [-0.3, -0.25) is 9.59 Å². The zero-order chi connectivity index (χ0) is 17.7. The van der Waals surface area contributed by atoms with E-state index >= 15 is 0 Å². The SMILES string of the molecule is CC(=O)c1ccc([C@H](CC(=O)OC(C)(C)C)c2ccccc2)cc1. The lowest BCUT2D eigenvalue weighted by Crippen LogP contribution is -2.25. The Bertz CT molecular complexity index is 694. The third kappa shape index (κ3) is 5.05. The molecule has 0 aliphatic rings. The van der Waals surface area contributed by atoms with Crippen molar-refractivity contribution < 1.29 is 14.3 Å². The van der Waals surface area contributed by atoms with E-state index in [1.807, 2.05) is 75.4 Å². The minimum Gasteiger partial charge on any atom is -0.460 e. The highest BCUT2D eigenvalue weighted by Crippen LogP contribution is 2.29. The number of esters is 1. The van der Waals surface area contributed by atoms with E-state index in [1.165, 1.54) is 0 Å². The van der Waals surface area contributed by atoms with Crippen LogP contribution in [0.4, 0.5) is 0 Å². The van der Waals surface area contributed by atoms with Gasteiger partial charge in [-0.2, -0.15) is 0 Å². The summed E-state index contributed by atoms with van der Waals surface area (Å²) < 4.78 is 5.48. The lowest BCUT2D eigenvalue weighted by atomic mass is 9.88. The molecule has 3 heteroatoms. The second-order valence-corrected chi connectivity index (χ2v) is 6.93. The Morgan fingerprint density at radius 3 is 1.96 bits per heavy atom. The first kappa shape index (κ1) is 17.9. The second kappa shape index (κ2) is 7.43. The van der Waals surface area contributed by atoms with Crippen LogP contribution < -0.4 is 0 Å². The quantitative estimate of drug-likeness (QED) is 0.588. The van der Waals surface area contributed by atoms with Crippen LogP contribution in [0, 0.1) is 0 Å². The van der Waals surface area contributed by atoms with Gasteiger partial charge in [0.2, 0.25) is 0 Å². The molecule has 0 aromatic heterocycles. The molecule has 1 atom stereocenters. The maximum absolute atomic E-state index is 12.3. The predicted octanol–water partition coefficient (Wildman–Crippen LogP) is 4.75. The first-order valence-electron chi connectivity index (χ1n) is 8.14. The van der Waals surface area contributed by atoms with Gasteiger partial charge in [-0.25, -0.2) is 0 Å². The van der Waals surface area contributed by atoms with Crippen molar-refractivity contribution >= 4 is 11.8 Å². The Kier molecular flexibility index (Phi) is 5.55. The number of carbonyl (C=O) groups excluding carboxylic acids is 2. The number of Topliss-reactive ketones (excluding diaryl/α,β-unsaturated/α-hetero) is 1. The van der Waals surface area contributed by atoms with Crippen LogP contribution in [-0.4, -0.2) is 17.4 Å². The van der Waals surface area contributed by atoms with Gasteiger partial charge in [0.25, 0.3) is 0 Å². The Balaban J connectivity index is 2.30. The first-order valence-corrected chi connectivity index (χ1v) is 8.14. The lowest BCUT2D eigenvalue weighted by molar-refractivity contribution is -0.155. The van der Waals surface area contributed by atoms with Crippen LogP contribution in [0.15, 0.2) is 54.6 Å². The Morgan fingerprint density at radius 1 is 0.917 bits per heavy atom. The molecule has 0 amide bonds. The standard InChI is InChI=1S/C21H24O3/c1-15(22)16-10-12-18(13-11-16)19(17-8-6-5-7-9-17)14-20(23)24-21(2,3)4/h5-13,19H,14H2,1-4H3/t19-/m1/s1. The largest absolute Gasteiger partial charge is 0.460 e. The molecule has 2 aromatic rings. The van der Waals surface area contributed by atoms with Crippen molar-refractivity contribution in [2.24, 2.45) is 0 Å². The van der Waals surface area contributed by atoms with Crippen molar-refractivity contribution in [3.63, 3.8) is 0 Å². The molecule has 0 saturated heterocycles. The van der Waals surface area contributed by atoms with E-state index in [9.17, 15) is 9.59 Å². The monoisotopic (exact) mass is 324 g/mol. The summed E-state index contributed by atoms with van der Waals surface area (Å²) in [5, 5.41) is 0. The van der Waals surface area contributed by atoms with Crippen molar-refractivity contribution in [3.8, 4) is 0 Å². The van der Waals surface area contributed by atoms with Crippen LogP contribution >= 0.6 is 0 Å². The Morgan fingerprint density at radius 2 is 1.46 bits per heavy atom. The molecular weight excluding hydrogens is 300 g/mol. The first-order chi connectivity index (χ1) is 11.3. The van der Waals surface area contributed by atoms with E-state index in [1.54, 1.807) is 6.92 Å². The highest BCUT2D eigenvalue weighted by atomic mass is 16.6. The zero-order valence-corrected chi connectivity index (χ0v) is 14.7. The molecule has 0 aliphatic heterocycles. The van der Waals surface area contributed by atoms with Crippen molar-refractivity contribution in [2.75, 3.05) is 0 Å². The normalized spacial score (nSPS) is 12.5. The molecule has 0 unspecified atom stereocenters. The third-order valence-electron chi connectivity index (χ3n) is 3.71. The molecule has 0 spiro atoms. The number of ketones is 1. The molecule has 0 N–H and O–H groups in total. The highest BCUT2D eigenvalue weighted by molar-refractivity contribution is 5.94. The van der Waals surface area contributed by atoms with Crippen molar-refractivity contribution in [1.82, 2.24) is 0 Å². The average Bonchev–Trinajstić information content (AvgIpc) is 2.52. The number of hydrogen-bond donors (Lipinski definition) is 0. The summed E-state index contributed by atoms with van der Waals surface area (Å²) in [7, 11) is 0. The van der Waals surface area contributed by atoms with Crippen molar-refractivity contribution in [1.29, 1.82) is 0 Å². The van der Waals surface area contributed by atoms with E-state index in [-0.39, 0.29) is 24.1 Å². The van der Waals surface area contributed by atoms with Gasteiger partial charge < -0.3 is 4.74 Å². The number of hydrogen-bond acceptors (Lipinski definition) is 3. The van der Waals surface area contributed by atoms with Gasteiger partial charge >= 0.3 is 5.97 Å². The maximum Gasteiger partial charge on any atom is 0.307 e. The Labute approximate surface area is 143 Å². The Hall–Kier alpha value is -2.42. The number of ether oxygens (including phenoxy) is 1. The highest BCUT2D eigenvalue weighted by Gasteiger charge is 2.23. The fraction of sp³-hybridized carbons (Fsp3) is 0.333. The molecule has 0 heterocycles. The molecule has 2 rings (SSSR count). The van der Waals surface area contributed by atoms with Gasteiger partial charge in [0.1, 0.15) is 5.60 Å². The number of benzene rings is 2. The minimum absolute atomic E-state index is 0.0324. The summed E-state index contributed by atoms with van der Waals surface area (Å²) in [5.74, 6) is -0.293. The molecule has 3 nitrogen and oxygen atoms in total. The van der Waals surface area contributed by atoms with Crippen molar-refractivity contribution in [2.45, 2.75) is 45.6 Å². The minimum atomic E-state index is -0.503. The zero-order valence-electron chi connectivity index (χ0n) is 14.7. The van der Waals surface area contributed by atoms with Crippen LogP contribution in [-0.2, 0) is 9.53 Å². The van der Waals surface area contributed by atoms with E-state index in [0.717, 1.165) is 11.1 Å². The van der Waals surface area contributed by atoms with Gasteiger partial charge in [0, 0.05) is 11.5 Å². The van der Waals surface area contributed by atoms with Crippen LogP contribution in [0.25, 0.3) is 0 Å². The summed E-state index contributed by atoms with van der Waals surface area (Å²) in [5.41, 5.74) is 2.22. The van der Waals surface area contributed by atoms with Gasteiger partial charge in [-0.15, -0.1) is 0 Å². The molecule has 126 valence electrons.